The first-order valence-corrected chi connectivity index (χ1v) is 6.58. The predicted molar refractivity (Wildman–Crippen MR) is 71.4 cm³/mol. The van der Waals surface area contributed by atoms with Crippen LogP contribution in [0.5, 0.6) is 0 Å². The molecule has 0 atom stereocenters. The number of anilines is 2. The summed E-state index contributed by atoms with van der Waals surface area (Å²) >= 11 is 1.37. The van der Waals surface area contributed by atoms with Gasteiger partial charge in [-0.25, -0.2) is 4.98 Å². The van der Waals surface area contributed by atoms with Gasteiger partial charge in [-0.1, -0.05) is 13.8 Å². The molecule has 0 aliphatic carbocycles. The summed E-state index contributed by atoms with van der Waals surface area (Å²) in [7, 11) is 1.68. The topological polar surface area (TPSA) is 64.9 Å². The van der Waals surface area contributed by atoms with Crippen molar-refractivity contribution < 1.29 is 4.74 Å². The molecule has 7 heteroatoms. The minimum atomic E-state index is 0.348. The highest BCUT2D eigenvalue weighted by atomic mass is 32.1. The molecule has 0 fully saturated rings. The zero-order valence-electron chi connectivity index (χ0n) is 10.8. The van der Waals surface area contributed by atoms with E-state index in [9.17, 15) is 0 Å². The Morgan fingerprint density at radius 2 is 2.33 bits per heavy atom. The van der Waals surface area contributed by atoms with Crippen LogP contribution in [0.25, 0.3) is 0 Å². The van der Waals surface area contributed by atoms with Crippen LogP contribution < -0.4 is 5.32 Å². The number of hydrogen-bond donors (Lipinski definition) is 1. The molecular formula is C11H17N5OS. The van der Waals surface area contributed by atoms with Gasteiger partial charge in [0.15, 0.2) is 0 Å². The maximum Gasteiger partial charge on any atom is 0.207 e. The van der Waals surface area contributed by atoms with Gasteiger partial charge in [0.2, 0.25) is 5.13 Å². The molecule has 6 nitrogen and oxygen atoms in total. The van der Waals surface area contributed by atoms with Gasteiger partial charge in [0.05, 0.1) is 25.0 Å². The van der Waals surface area contributed by atoms with Gasteiger partial charge in [-0.15, -0.1) is 0 Å². The molecule has 0 saturated heterocycles. The molecular weight excluding hydrogens is 250 g/mol. The van der Waals surface area contributed by atoms with Crippen molar-refractivity contribution in [1.82, 2.24) is 19.1 Å². The van der Waals surface area contributed by atoms with Crippen molar-refractivity contribution >= 4 is 22.4 Å². The van der Waals surface area contributed by atoms with E-state index in [1.165, 1.54) is 11.5 Å². The van der Waals surface area contributed by atoms with Crippen molar-refractivity contribution in [2.75, 3.05) is 19.0 Å². The lowest BCUT2D eigenvalue weighted by Crippen LogP contribution is -2.03. The molecule has 2 aromatic rings. The van der Waals surface area contributed by atoms with Crippen LogP contribution in [0.4, 0.5) is 10.8 Å². The van der Waals surface area contributed by atoms with Gasteiger partial charge in [-0.05, 0) is 0 Å². The molecule has 0 aromatic carbocycles. The average molecular weight is 267 g/mol. The molecule has 0 radical (unpaired) electrons. The van der Waals surface area contributed by atoms with E-state index in [1.54, 1.807) is 13.3 Å². The molecule has 0 spiro atoms. The van der Waals surface area contributed by atoms with Gasteiger partial charge < -0.3 is 10.1 Å². The van der Waals surface area contributed by atoms with E-state index in [-0.39, 0.29) is 0 Å². The Balaban J connectivity index is 1.97. The number of ether oxygens (including phenoxy) is 1. The molecule has 2 rings (SSSR count). The highest BCUT2D eigenvalue weighted by molar-refractivity contribution is 7.09. The van der Waals surface area contributed by atoms with E-state index in [1.807, 2.05) is 10.9 Å². The molecule has 0 bridgehead atoms. The molecule has 18 heavy (non-hydrogen) atoms. The molecule has 0 aliphatic rings. The van der Waals surface area contributed by atoms with Crippen molar-refractivity contribution in [1.29, 1.82) is 0 Å². The lowest BCUT2D eigenvalue weighted by molar-refractivity contribution is 0.183. The summed E-state index contributed by atoms with van der Waals surface area (Å²) in [4.78, 5) is 4.41. The normalized spacial score (nSPS) is 11.1. The fourth-order valence-corrected chi connectivity index (χ4v) is 2.11. The summed E-state index contributed by atoms with van der Waals surface area (Å²) in [5, 5.41) is 8.22. The van der Waals surface area contributed by atoms with Crippen LogP contribution in [-0.2, 0) is 11.3 Å². The number of nitrogens with one attached hydrogen (secondary N) is 1. The molecule has 0 amide bonds. The van der Waals surface area contributed by atoms with Crippen molar-refractivity contribution in [3.8, 4) is 0 Å². The van der Waals surface area contributed by atoms with E-state index in [0.717, 1.165) is 23.2 Å². The number of rotatable bonds is 6. The monoisotopic (exact) mass is 267 g/mol. The Labute approximate surface area is 110 Å². The summed E-state index contributed by atoms with van der Waals surface area (Å²) in [5.74, 6) is 1.22. The Bertz CT molecular complexity index is 493. The van der Waals surface area contributed by atoms with Crippen molar-refractivity contribution in [3.63, 3.8) is 0 Å². The molecule has 1 N–H and O–H groups in total. The maximum atomic E-state index is 5.00. The molecule has 98 valence electrons. The van der Waals surface area contributed by atoms with E-state index in [4.69, 9.17) is 4.74 Å². The van der Waals surface area contributed by atoms with Gasteiger partial charge in [-0.3, -0.25) is 4.68 Å². The Hall–Kier alpha value is -1.47. The van der Waals surface area contributed by atoms with Crippen LogP contribution in [0.2, 0.25) is 0 Å². The third-order valence-corrected chi connectivity index (χ3v) is 3.01. The smallest absolute Gasteiger partial charge is 0.207 e. The van der Waals surface area contributed by atoms with Crippen molar-refractivity contribution in [2.24, 2.45) is 0 Å². The van der Waals surface area contributed by atoms with Crippen molar-refractivity contribution in [2.45, 2.75) is 26.3 Å². The van der Waals surface area contributed by atoms with E-state index in [0.29, 0.717) is 12.5 Å². The minimum absolute atomic E-state index is 0.348. The summed E-state index contributed by atoms with van der Waals surface area (Å²) < 4.78 is 11.1. The van der Waals surface area contributed by atoms with Gasteiger partial charge >= 0.3 is 0 Å². The minimum Gasteiger partial charge on any atom is -0.383 e. The van der Waals surface area contributed by atoms with Gasteiger partial charge in [0.25, 0.3) is 0 Å². The van der Waals surface area contributed by atoms with Crippen LogP contribution in [0, 0.1) is 0 Å². The summed E-state index contributed by atoms with van der Waals surface area (Å²) in [6, 6.07) is 0. The first kappa shape index (κ1) is 13.0. The summed E-state index contributed by atoms with van der Waals surface area (Å²) in [6.45, 7) is 5.55. The lowest BCUT2D eigenvalue weighted by Gasteiger charge is -1.99. The van der Waals surface area contributed by atoms with Crippen LogP contribution in [-0.4, -0.2) is 32.9 Å². The fourth-order valence-electron chi connectivity index (χ4n) is 1.38. The quantitative estimate of drug-likeness (QED) is 0.869. The van der Waals surface area contributed by atoms with E-state index >= 15 is 0 Å². The first-order chi connectivity index (χ1) is 8.69. The summed E-state index contributed by atoms with van der Waals surface area (Å²) in [5.41, 5.74) is 0.914. The second-order valence-electron chi connectivity index (χ2n) is 4.22. The van der Waals surface area contributed by atoms with Gasteiger partial charge in [-0.2, -0.15) is 9.47 Å². The third kappa shape index (κ3) is 3.27. The largest absolute Gasteiger partial charge is 0.383 e. The zero-order valence-corrected chi connectivity index (χ0v) is 11.6. The number of methoxy groups -OCH3 is 1. The average Bonchev–Trinajstić information content (AvgIpc) is 2.96. The van der Waals surface area contributed by atoms with Gasteiger partial charge in [0.1, 0.15) is 5.82 Å². The Morgan fingerprint density at radius 3 is 3.00 bits per heavy atom. The van der Waals surface area contributed by atoms with Crippen molar-refractivity contribution in [3.05, 3.63) is 18.2 Å². The number of aromatic nitrogens is 4. The Morgan fingerprint density at radius 1 is 1.50 bits per heavy atom. The van der Waals surface area contributed by atoms with Gasteiger partial charge in [0, 0.05) is 30.8 Å². The number of nitrogens with zero attached hydrogens (tertiary/aromatic N) is 4. The first-order valence-electron chi connectivity index (χ1n) is 5.81. The van der Waals surface area contributed by atoms with Crippen LogP contribution in [0.3, 0.4) is 0 Å². The van der Waals surface area contributed by atoms with Crippen LogP contribution in [0.1, 0.15) is 25.6 Å². The molecule has 0 saturated carbocycles. The fraction of sp³-hybridized carbons (Fsp3) is 0.545. The second kappa shape index (κ2) is 5.92. The highest BCUT2D eigenvalue weighted by Crippen LogP contribution is 2.21. The third-order valence-electron chi connectivity index (χ3n) is 2.37. The predicted octanol–water partition coefficient (Wildman–Crippen LogP) is 2.25. The van der Waals surface area contributed by atoms with E-state index < -0.39 is 0 Å². The standard InChI is InChI=1S/C11H17N5OS/c1-8(2)10-14-11(18-15-10)13-9-6-12-16(7-9)4-5-17-3/h6-8H,4-5H2,1-3H3,(H,13,14,15). The zero-order chi connectivity index (χ0) is 13.0. The molecule has 0 unspecified atom stereocenters. The lowest BCUT2D eigenvalue weighted by atomic mass is 10.2. The SMILES string of the molecule is COCCn1cc(Nc2nc(C(C)C)ns2)cn1. The highest BCUT2D eigenvalue weighted by Gasteiger charge is 2.08. The van der Waals surface area contributed by atoms with E-state index in [2.05, 4.69) is 33.6 Å². The number of hydrogen-bond acceptors (Lipinski definition) is 6. The second-order valence-corrected chi connectivity index (χ2v) is 4.97. The molecule has 2 heterocycles. The molecule has 0 aliphatic heterocycles. The molecule has 2 aromatic heterocycles. The van der Waals surface area contributed by atoms with Crippen LogP contribution >= 0.6 is 11.5 Å². The van der Waals surface area contributed by atoms with Crippen LogP contribution in [0.15, 0.2) is 12.4 Å². The maximum absolute atomic E-state index is 5.00. The summed E-state index contributed by atoms with van der Waals surface area (Å²) in [6.07, 6.45) is 3.70. The Kier molecular flexibility index (Phi) is 4.27.